The molecule has 1 fully saturated rings. The average Bonchev–Trinajstić information content (AvgIpc) is 2.31. The highest BCUT2D eigenvalue weighted by molar-refractivity contribution is 4.94. The monoisotopic (exact) mass is 179 g/mol. The predicted molar refractivity (Wildman–Crippen MR) is 38.1 cm³/mol. The van der Waals surface area contributed by atoms with Crippen LogP contribution in [0.5, 0.6) is 0 Å². The maximum absolute atomic E-state index is 12.1. The van der Waals surface area contributed by atoms with Gasteiger partial charge in [0.05, 0.1) is 0 Å². The topological polar surface area (TPSA) is 69.9 Å². The summed E-state index contributed by atoms with van der Waals surface area (Å²) in [6.45, 7) is 0.664. The Balaban J connectivity index is 2.72. The van der Waals surface area contributed by atoms with E-state index in [1.807, 2.05) is 0 Å². The molecule has 0 aromatic heterocycles. The molecular formula is C7H13FO4. The Morgan fingerprint density at radius 1 is 1.50 bits per heavy atom. The van der Waals surface area contributed by atoms with Gasteiger partial charge >= 0.3 is 0 Å². The number of aliphatic hydroxyl groups excluding tert-OH is 2. The Labute approximate surface area is 69.6 Å². The molecule has 0 spiro atoms. The lowest BCUT2D eigenvalue weighted by Crippen LogP contribution is -2.42. The van der Waals surface area contributed by atoms with Gasteiger partial charge in [0, 0.05) is 6.42 Å². The van der Waals surface area contributed by atoms with Crippen LogP contribution in [-0.4, -0.2) is 46.1 Å². The van der Waals surface area contributed by atoms with Crippen molar-refractivity contribution < 1.29 is 24.4 Å². The van der Waals surface area contributed by atoms with Crippen LogP contribution in [0.1, 0.15) is 13.3 Å². The summed E-state index contributed by atoms with van der Waals surface area (Å²) in [5.41, 5.74) is 0. The maximum atomic E-state index is 12.1. The predicted octanol–water partition coefficient (Wildman–Crippen LogP) is -0.825. The Bertz CT molecular complexity index is 165. The summed E-state index contributed by atoms with van der Waals surface area (Å²) in [6.07, 6.45) is -3.78. The van der Waals surface area contributed by atoms with Gasteiger partial charge in [-0.05, 0) is 0 Å². The minimum absolute atomic E-state index is 0.113. The molecule has 1 aliphatic heterocycles. The fourth-order valence-electron chi connectivity index (χ4n) is 1.29. The number of aliphatic hydroxyl groups is 3. The molecule has 0 aromatic rings. The van der Waals surface area contributed by atoms with E-state index in [2.05, 4.69) is 0 Å². The first-order valence-electron chi connectivity index (χ1n) is 3.87. The van der Waals surface area contributed by atoms with E-state index in [1.165, 1.54) is 0 Å². The van der Waals surface area contributed by atoms with Crippen molar-refractivity contribution in [3.8, 4) is 0 Å². The van der Waals surface area contributed by atoms with Crippen molar-refractivity contribution in [1.82, 2.24) is 0 Å². The van der Waals surface area contributed by atoms with Gasteiger partial charge in [-0.2, -0.15) is 0 Å². The summed E-state index contributed by atoms with van der Waals surface area (Å²) >= 11 is 0. The maximum Gasteiger partial charge on any atom is 0.194 e. The molecule has 0 aromatic carbocycles. The fourth-order valence-corrected chi connectivity index (χ4v) is 1.29. The van der Waals surface area contributed by atoms with E-state index in [0.717, 1.165) is 0 Å². The summed E-state index contributed by atoms with van der Waals surface area (Å²) in [4.78, 5) is 0. The average molecular weight is 179 g/mol. The van der Waals surface area contributed by atoms with E-state index in [4.69, 9.17) is 9.84 Å². The van der Waals surface area contributed by atoms with Gasteiger partial charge in [0.15, 0.2) is 5.79 Å². The van der Waals surface area contributed by atoms with Crippen molar-refractivity contribution in [3.63, 3.8) is 0 Å². The standard InChI is InChI=1S/C7H13FO4/c1-2-7(11)6(10)5(9)4(3-8)12-7/h4-6,9-11H,2-3H2,1H3/t4-,5-,6+,7?/m1/s1/i8-1. The van der Waals surface area contributed by atoms with Crippen LogP contribution in [0.2, 0.25) is 0 Å². The highest BCUT2D eigenvalue weighted by Crippen LogP contribution is 2.31. The van der Waals surface area contributed by atoms with Crippen molar-refractivity contribution in [2.75, 3.05) is 6.67 Å². The van der Waals surface area contributed by atoms with Crippen molar-refractivity contribution in [2.24, 2.45) is 0 Å². The number of hydrogen-bond acceptors (Lipinski definition) is 4. The molecule has 0 aliphatic carbocycles. The van der Waals surface area contributed by atoms with Crippen LogP contribution < -0.4 is 0 Å². The van der Waals surface area contributed by atoms with E-state index in [1.54, 1.807) is 6.92 Å². The number of ether oxygens (including phenoxy) is 1. The van der Waals surface area contributed by atoms with Gasteiger partial charge in [-0.15, -0.1) is 0 Å². The van der Waals surface area contributed by atoms with Gasteiger partial charge < -0.3 is 20.1 Å². The lowest BCUT2D eigenvalue weighted by Gasteiger charge is -2.23. The molecule has 1 saturated heterocycles. The first-order valence-corrected chi connectivity index (χ1v) is 3.87. The van der Waals surface area contributed by atoms with Gasteiger partial charge in [0.25, 0.3) is 0 Å². The summed E-state index contributed by atoms with van der Waals surface area (Å²) in [7, 11) is 0. The number of hydrogen-bond donors (Lipinski definition) is 3. The molecule has 1 rings (SSSR count). The molecule has 1 unspecified atom stereocenters. The van der Waals surface area contributed by atoms with Crippen LogP contribution in [0.25, 0.3) is 0 Å². The van der Waals surface area contributed by atoms with E-state index >= 15 is 0 Å². The van der Waals surface area contributed by atoms with Gasteiger partial charge in [-0.1, -0.05) is 6.92 Å². The van der Waals surface area contributed by atoms with Gasteiger partial charge in [0.1, 0.15) is 25.0 Å². The molecule has 0 amide bonds. The van der Waals surface area contributed by atoms with E-state index in [9.17, 15) is 14.6 Å². The quantitative estimate of drug-likeness (QED) is 0.517. The van der Waals surface area contributed by atoms with Crippen LogP contribution in [0.3, 0.4) is 0 Å². The van der Waals surface area contributed by atoms with Crippen molar-refractivity contribution >= 4 is 0 Å². The van der Waals surface area contributed by atoms with E-state index < -0.39 is 30.8 Å². The smallest absolute Gasteiger partial charge is 0.194 e. The SMILES string of the molecule is CCC1(O)O[C@H](C[18F])[C@@H](O)[C@@H]1O. The minimum atomic E-state index is -1.80. The molecule has 1 aliphatic rings. The first-order chi connectivity index (χ1) is 5.55. The third kappa shape index (κ3) is 1.33. The second-order valence-electron chi connectivity index (χ2n) is 2.94. The van der Waals surface area contributed by atoms with Crippen LogP contribution in [0, 0.1) is 0 Å². The first kappa shape index (κ1) is 9.85. The Morgan fingerprint density at radius 3 is 2.33 bits per heavy atom. The number of rotatable bonds is 2. The number of alkyl halides is 1. The van der Waals surface area contributed by atoms with E-state index in [-0.39, 0.29) is 6.42 Å². The van der Waals surface area contributed by atoms with E-state index in [0.29, 0.717) is 0 Å². The fraction of sp³-hybridized carbons (Fsp3) is 1.00. The number of halogens is 1. The van der Waals surface area contributed by atoms with Crippen LogP contribution >= 0.6 is 0 Å². The largest absolute Gasteiger partial charge is 0.387 e. The van der Waals surface area contributed by atoms with Crippen LogP contribution in [0.15, 0.2) is 0 Å². The highest BCUT2D eigenvalue weighted by Gasteiger charge is 2.51. The molecule has 0 saturated carbocycles. The van der Waals surface area contributed by atoms with Gasteiger partial charge in [0.2, 0.25) is 0 Å². The molecule has 0 radical (unpaired) electrons. The second kappa shape index (κ2) is 3.26. The molecule has 3 N–H and O–H groups in total. The molecule has 0 bridgehead atoms. The zero-order chi connectivity index (χ0) is 9.35. The highest BCUT2D eigenvalue weighted by atomic mass is 18.2. The summed E-state index contributed by atoms with van der Waals surface area (Å²) in [5.74, 6) is -1.80. The molecule has 72 valence electrons. The summed E-state index contributed by atoms with van der Waals surface area (Å²) in [5, 5.41) is 27.8. The summed E-state index contributed by atoms with van der Waals surface area (Å²) in [6, 6.07) is 0. The Morgan fingerprint density at radius 2 is 2.08 bits per heavy atom. The lowest BCUT2D eigenvalue weighted by molar-refractivity contribution is -0.229. The molecule has 5 heteroatoms. The normalized spacial score (nSPS) is 48.2. The zero-order valence-corrected chi connectivity index (χ0v) is 6.77. The second-order valence-corrected chi connectivity index (χ2v) is 2.94. The van der Waals surface area contributed by atoms with Gasteiger partial charge in [-0.25, -0.2) is 4.39 Å². The molecule has 4 atom stereocenters. The zero-order valence-electron chi connectivity index (χ0n) is 6.77. The third-order valence-electron chi connectivity index (χ3n) is 2.18. The van der Waals surface area contributed by atoms with Crippen molar-refractivity contribution in [1.29, 1.82) is 0 Å². The molecular weight excluding hydrogens is 166 g/mol. The Hall–Kier alpha value is -0.230. The summed E-state index contributed by atoms with van der Waals surface area (Å²) < 4.78 is 16.8. The van der Waals surface area contributed by atoms with Gasteiger partial charge in [-0.3, -0.25) is 0 Å². The minimum Gasteiger partial charge on any atom is -0.387 e. The Kier molecular flexibility index (Phi) is 2.67. The van der Waals surface area contributed by atoms with Crippen molar-refractivity contribution in [2.45, 2.75) is 37.4 Å². The molecule has 4 nitrogen and oxygen atoms in total. The van der Waals surface area contributed by atoms with Crippen molar-refractivity contribution in [3.05, 3.63) is 0 Å². The molecule has 1 heterocycles. The van der Waals surface area contributed by atoms with Crippen LogP contribution in [-0.2, 0) is 4.74 Å². The van der Waals surface area contributed by atoms with Crippen LogP contribution in [0.4, 0.5) is 4.39 Å². The third-order valence-corrected chi connectivity index (χ3v) is 2.18. The molecule has 12 heavy (non-hydrogen) atoms. The lowest BCUT2D eigenvalue weighted by atomic mass is 10.0.